The van der Waals surface area contributed by atoms with Crippen LogP contribution in [-0.4, -0.2) is 28.6 Å². The van der Waals surface area contributed by atoms with E-state index in [1.807, 2.05) is 0 Å². The second kappa shape index (κ2) is 6.62. The van der Waals surface area contributed by atoms with E-state index in [0.29, 0.717) is 31.4 Å². The Bertz CT molecular complexity index is 403. The number of aromatic carboxylic acids is 1. The van der Waals surface area contributed by atoms with Gasteiger partial charge in [0.15, 0.2) is 5.69 Å². The number of hydrogen-bond acceptors (Lipinski definition) is 4. The summed E-state index contributed by atoms with van der Waals surface area (Å²) in [6.07, 6.45) is 2.80. The fraction of sp³-hybridized carbons (Fsp3) is 0.417. The quantitative estimate of drug-likeness (QED) is 0.761. The molecular weight excluding hydrogens is 222 g/mol. The molecular formula is C12H15NO4. The van der Waals surface area contributed by atoms with Gasteiger partial charge in [-0.3, -0.25) is 4.79 Å². The standard InChI is InChI=1S/C12H15NO4/c1-2-17-10(14)7-3-5-9-6-4-8-13-11(9)12(15)16/h4,6,8H,2-3,5,7H2,1H3,(H,15,16). The number of carboxylic acid groups (broad SMARTS) is 1. The van der Waals surface area contributed by atoms with Crippen molar-refractivity contribution in [3.05, 3.63) is 29.6 Å². The number of pyridine rings is 1. The highest BCUT2D eigenvalue weighted by molar-refractivity contribution is 5.87. The predicted molar refractivity (Wildman–Crippen MR) is 60.8 cm³/mol. The molecule has 1 aromatic heterocycles. The Morgan fingerprint density at radius 3 is 2.88 bits per heavy atom. The van der Waals surface area contributed by atoms with Gasteiger partial charge < -0.3 is 9.84 Å². The Hall–Kier alpha value is -1.91. The summed E-state index contributed by atoms with van der Waals surface area (Å²) >= 11 is 0. The third-order valence-corrected chi connectivity index (χ3v) is 2.23. The molecule has 1 rings (SSSR count). The molecule has 0 fully saturated rings. The summed E-state index contributed by atoms with van der Waals surface area (Å²) in [4.78, 5) is 25.8. The molecule has 0 aliphatic carbocycles. The zero-order valence-corrected chi connectivity index (χ0v) is 9.68. The molecule has 1 heterocycles. The fourth-order valence-corrected chi connectivity index (χ4v) is 1.49. The number of aromatic nitrogens is 1. The number of carbonyl (C=O) groups is 2. The Morgan fingerprint density at radius 1 is 1.47 bits per heavy atom. The van der Waals surface area contributed by atoms with Crippen LogP contribution in [0.1, 0.15) is 35.8 Å². The largest absolute Gasteiger partial charge is 0.477 e. The van der Waals surface area contributed by atoms with Crippen LogP contribution in [0.4, 0.5) is 0 Å². The second-order valence-corrected chi connectivity index (χ2v) is 3.47. The Balaban J connectivity index is 2.52. The molecule has 17 heavy (non-hydrogen) atoms. The van der Waals surface area contributed by atoms with E-state index in [4.69, 9.17) is 9.84 Å². The van der Waals surface area contributed by atoms with Crippen LogP contribution in [-0.2, 0) is 16.0 Å². The lowest BCUT2D eigenvalue weighted by Crippen LogP contribution is -2.07. The molecule has 0 unspecified atom stereocenters. The Kier molecular flexibility index (Phi) is 5.13. The number of nitrogens with zero attached hydrogens (tertiary/aromatic N) is 1. The second-order valence-electron chi connectivity index (χ2n) is 3.47. The average Bonchev–Trinajstić information content (AvgIpc) is 2.30. The number of aryl methyl sites for hydroxylation is 1. The first kappa shape index (κ1) is 13.2. The van der Waals surface area contributed by atoms with Crippen LogP contribution in [0, 0.1) is 0 Å². The molecule has 5 heteroatoms. The maximum Gasteiger partial charge on any atom is 0.354 e. The van der Waals surface area contributed by atoms with Crippen LogP contribution >= 0.6 is 0 Å². The van der Waals surface area contributed by atoms with Crippen molar-refractivity contribution < 1.29 is 19.4 Å². The third kappa shape index (κ3) is 4.22. The minimum absolute atomic E-state index is 0.0522. The molecule has 5 nitrogen and oxygen atoms in total. The number of esters is 1. The van der Waals surface area contributed by atoms with Crippen LogP contribution in [0.2, 0.25) is 0 Å². The monoisotopic (exact) mass is 237 g/mol. The summed E-state index contributed by atoms with van der Waals surface area (Å²) in [7, 11) is 0. The van der Waals surface area contributed by atoms with Gasteiger partial charge in [0.1, 0.15) is 0 Å². The predicted octanol–water partition coefficient (Wildman–Crippen LogP) is 1.67. The van der Waals surface area contributed by atoms with Crippen LogP contribution in [0.5, 0.6) is 0 Å². The summed E-state index contributed by atoms with van der Waals surface area (Å²) in [5, 5.41) is 8.90. The molecule has 0 spiro atoms. The van der Waals surface area contributed by atoms with Crippen LogP contribution in [0.15, 0.2) is 18.3 Å². The molecule has 0 aliphatic rings. The van der Waals surface area contributed by atoms with Crippen LogP contribution in [0.25, 0.3) is 0 Å². The molecule has 0 aromatic carbocycles. The molecule has 1 aromatic rings. The summed E-state index contributed by atoms with van der Waals surface area (Å²) < 4.78 is 4.79. The number of carboxylic acids is 1. The molecule has 0 amide bonds. The van der Waals surface area contributed by atoms with E-state index in [2.05, 4.69) is 4.98 Å². The van der Waals surface area contributed by atoms with Gasteiger partial charge in [-0.25, -0.2) is 9.78 Å². The lowest BCUT2D eigenvalue weighted by molar-refractivity contribution is -0.143. The molecule has 0 saturated heterocycles. The highest BCUT2D eigenvalue weighted by Crippen LogP contribution is 2.10. The van der Waals surface area contributed by atoms with Crippen molar-refractivity contribution >= 4 is 11.9 Å². The highest BCUT2D eigenvalue weighted by Gasteiger charge is 2.11. The third-order valence-electron chi connectivity index (χ3n) is 2.23. The number of ether oxygens (including phenoxy) is 1. The number of hydrogen-bond donors (Lipinski definition) is 1. The van der Waals surface area contributed by atoms with E-state index in [-0.39, 0.29) is 11.7 Å². The zero-order chi connectivity index (χ0) is 12.7. The van der Waals surface area contributed by atoms with Crippen molar-refractivity contribution in [2.45, 2.75) is 26.2 Å². The van der Waals surface area contributed by atoms with Gasteiger partial charge in [0.25, 0.3) is 0 Å². The van der Waals surface area contributed by atoms with Gasteiger partial charge >= 0.3 is 11.9 Å². The van der Waals surface area contributed by atoms with Gasteiger partial charge in [0.2, 0.25) is 0 Å². The molecule has 0 saturated carbocycles. The fourth-order valence-electron chi connectivity index (χ4n) is 1.49. The van der Waals surface area contributed by atoms with E-state index in [0.717, 1.165) is 0 Å². The first-order valence-electron chi connectivity index (χ1n) is 5.48. The summed E-state index contributed by atoms with van der Waals surface area (Å²) in [5.41, 5.74) is 0.695. The van der Waals surface area contributed by atoms with Crippen molar-refractivity contribution in [2.75, 3.05) is 6.61 Å². The zero-order valence-electron chi connectivity index (χ0n) is 9.68. The van der Waals surface area contributed by atoms with Crippen molar-refractivity contribution in [3.63, 3.8) is 0 Å². The molecule has 0 radical (unpaired) electrons. The Labute approximate surface area is 99.4 Å². The molecule has 92 valence electrons. The summed E-state index contributed by atoms with van der Waals surface area (Å²) in [6.45, 7) is 2.12. The van der Waals surface area contributed by atoms with Crippen molar-refractivity contribution in [2.24, 2.45) is 0 Å². The van der Waals surface area contributed by atoms with E-state index in [9.17, 15) is 9.59 Å². The first-order valence-corrected chi connectivity index (χ1v) is 5.48. The maximum absolute atomic E-state index is 11.1. The van der Waals surface area contributed by atoms with E-state index >= 15 is 0 Å². The number of carbonyl (C=O) groups excluding carboxylic acids is 1. The van der Waals surface area contributed by atoms with Gasteiger partial charge in [-0.2, -0.15) is 0 Å². The first-order chi connectivity index (χ1) is 8.15. The van der Waals surface area contributed by atoms with Crippen LogP contribution < -0.4 is 0 Å². The molecule has 0 bridgehead atoms. The minimum atomic E-state index is -1.04. The molecule has 0 aliphatic heterocycles. The van der Waals surface area contributed by atoms with Crippen molar-refractivity contribution in [1.82, 2.24) is 4.98 Å². The van der Waals surface area contributed by atoms with Crippen molar-refractivity contribution in [3.8, 4) is 0 Å². The van der Waals surface area contributed by atoms with E-state index in [1.54, 1.807) is 19.1 Å². The van der Waals surface area contributed by atoms with Crippen LogP contribution in [0.3, 0.4) is 0 Å². The summed E-state index contributed by atoms with van der Waals surface area (Å²) in [6, 6.07) is 3.40. The van der Waals surface area contributed by atoms with Gasteiger partial charge in [-0.15, -0.1) is 0 Å². The van der Waals surface area contributed by atoms with Crippen molar-refractivity contribution in [1.29, 1.82) is 0 Å². The lowest BCUT2D eigenvalue weighted by Gasteiger charge is -2.04. The lowest BCUT2D eigenvalue weighted by atomic mass is 10.1. The Morgan fingerprint density at radius 2 is 2.24 bits per heavy atom. The van der Waals surface area contributed by atoms with Gasteiger partial charge in [-0.05, 0) is 31.4 Å². The topological polar surface area (TPSA) is 76.5 Å². The van der Waals surface area contributed by atoms with E-state index in [1.165, 1.54) is 6.20 Å². The minimum Gasteiger partial charge on any atom is -0.477 e. The normalized spacial score (nSPS) is 9.94. The van der Waals surface area contributed by atoms with Gasteiger partial charge in [-0.1, -0.05) is 6.07 Å². The smallest absolute Gasteiger partial charge is 0.354 e. The highest BCUT2D eigenvalue weighted by atomic mass is 16.5. The summed E-state index contributed by atoms with van der Waals surface area (Å²) in [5.74, 6) is -1.30. The SMILES string of the molecule is CCOC(=O)CCCc1cccnc1C(=O)O. The van der Waals surface area contributed by atoms with E-state index < -0.39 is 5.97 Å². The maximum atomic E-state index is 11.1. The molecule has 1 N–H and O–H groups in total. The average molecular weight is 237 g/mol. The van der Waals surface area contributed by atoms with Gasteiger partial charge in [0, 0.05) is 12.6 Å². The molecule has 0 atom stereocenters. The van der Waals surface area contributed by atoms with Gasteiger partial charge in [0.05, 0.1) is 6.61 Å². The number of rotatable bonds is 6.